The maximum Gasteiger partial charge on any atom is 0.341 e. The van der Waals surface area contributed by atoms with Crippen molar-refractivity contribution in [2.24, 2.45) is 0 Å². The summed E-state index contributed by atoms with van der Waals surface area (Å²) in [6.45, 7) is 6.37. The van der Waals surface area contributed by atoms with Crippen molar-refractivity contribution >= 4 is 63.2 Å². The van der Waals surface area contributed by atoms with Crippen LogP contribution in [-0.2, 0) is 16.1 Å². The third-order valence-electron chi connectivity index (χ3n) is 5.75. The molecular weight excluding hydrogens is 579 g/mol. The zero-order chi connectivity index (χ0) is 28.1. The number of methoxy groups -OCH3 is 1. The van der Waals surface area contributed by atoms with Crippen LogP contribution in [0.2, 0.25) is 10.0 Å². The van der Waals surface area contributed by atoms with E-state index in [1.165, 1.54) is 30.2 Å². The van der Waals surface area contributed by atoms with Crippen molar-refractivity contribution in [2.75, 3.05) is 18.2 Å². The lowest BCUT2D eigenvalue weighted by atomic mass is 10.0. The highest BCUT2D eigenvalue weighted by molar-refractivity contribution is 7.99. The smallest absolute Gasteiger partial charge is 0.341 e. The molecule has 0 saturated heterocycles. The average Bonchev–Trinajstić information content (AvgIpc) is 3.53. The molecule has 2 heterocycles. The molecule has 0 spiro atoms. The molecule has 0 fully saturated rings. The number of esters is 1. The molecule has 2 aromatic carbocycles. The monoisotopic (exact) mass is 604 g/mol. The molecule has 204 valence electrons. The third kappa shape index (κ3) is 6.75. The summed E-state index contributed by atoms with van der Waals surface area (Å²) in [6.07, 6.45) is -0.451. The first-order chi connectivity index (χ1) is 18.7. The van der Waals surface area contributed by atoms with Crippen LogP contribution in [0.1, 0.15) is 41.7 Å². The predicted molar refractivity (Wildman–Crippen MR) is 156 cm³/mol. The normalized spacial score (nSPS) is 11.7. The fraction of sp³-hybridized carbons (Fsp3) is 0.259. The topological polar surface area (TPSA) is 95.3 Å². The van der Waals surface area contributed by atoms with E-state index >= 15 is 0 Å². The second kappa shape index (κ2) is 12.9. The Morgan fingerprint density at radius 1 is 1.15 bits per heavy atom. The second-order valence-corrected chi connectivity index (χ2v) is 11.1. The van der Waals surface area contributed by atoms with Crippen LogP contribution in [0.4, 0.5) is 5.00 Å². The number of benzene rings is 2. The van der Waals surface area contributed by atoms with E-state index in [1.807, 2.05) is 55.0 Å². The Morgan fingerprint density at radius 2 is 1.90 bits per heavy atom. The summed E-state index contributed by atoms with van der Waals surface area (Å²) in [5.74, 6) is 0.344. The van der Waals surface area contributed by atoms with Crippen LogP contribution in [0, 0.1) is 6.92 Å². The Morgan fingerprint density at radius 3 is 2.56 bits per heavy atom. The first-order valence-electron chi connectivity index (χ1n) is 12.0. The van der Waals surface area contributed by atoms with Gasteiger partial charge >= 0.3 is 5.97 Å². The van der Waals surface area contributed by atoms with Gasteiger partial charge in [-0.1, -0.05) is 64.8 Å². The summed E-state index contributed by atoms with van der Waals surface area (Å²) in [4.78, 5) is 25.5. The molecule has 12 heteroatoms. The van der Waals surface area contributed by atoms with Crippen molar-refractivity contribution < 1.29 is 19.1 Å². The minimum absolute atomic E-state index is 0.0642. The van der Waals surface area contributed by atoms with Crippen LogP contribution in [0.25, 0.3) is 11.1 Å². The quantitative estimate of drug-likeness (QED) is 0.150. The lowest BCUT2D eigenvalue weighted by Crippen LogP contribution is -2.17. The van der Waals surface area contributed by atoms with Gasteiger partial charge in [-0.3, -0.25) is 4.79 Å². The summed E-state index contributed by atoms with van der Waals surface area (Å²) < 4.78 is 12.9. The van der Waals surface area contributed by atoms with Gasteiger partial charge in [0.1, 0.15) is 16.3 Å². The standard InChI is InChI=1S/C27H26Cl2N4O4S2/c1-5-33-24(16(3)37-21-11-10-18(28)12-20(21)29)31-32-27(33)39-14-22(34)30-25-23(26(35)36-4)19(13-38-25)17-8-6-15(2)7-9-17/h6-13,16H,5,14H2,1-4H3,(H,30,34). The second-order valence-electron chi connectivity index (χ2n) is 8.47. The molecule has 0 aliphatic rings. The third-order valence-corrected chi connectivity index (χ3v) is 8.14. The van der Waals surface area contributed by atoms with E-state index in [0.29, 0.717) is 49.4 Å². The molecule has 4 aromatic rings. The molecular formula is C27H26Cl2N4O4S2. The molecule has 2 aromatic heterocycles. The number of nitrogens with zero attached hydrogens (tertiary/aromatic N) is 3. The van der Waals surface area contributed by atoms with E-state index in [4.69, 9.17) is 32.7 Å². The van der Waals surface area contributed by atoms with E-state index < -0.39 is 12.1 Å². The molecule has 39 heavy (non-hydrogen) atoms. The van der Waals surface area contributed by atoms with Crippen LogP contribution >= 0.6 is 46.3 Å². The van der Waals surface area contributed by atoms with Crippen LogP contribution in [0.3, 0.4) is 0 Å². The number of aryl methyl sites for hydroxylation is 1. The number of amides is 1. The zero-order valence-electron chi connectivity index (χ0n) is 21.7. The van der Waals surface area contributed by atoms with Gasteiger partial charge < -0.3 is 19.4 Å². The number of hydrogen-bond acceptors (Lipinski definition) is 8. The minimum Gasteiger partial charge on any atom is -0.481 e. The van der Waals surface area contributed by atoms with Crippen molar-refractivity contribution in [3.63, 3.8) is 0 Å². The van der Waals surface area contributed by atoms with Gasteiger partial charge in [0, 0.05) is 22.5 Å². The highest BCUT2D eigenvalue weighted by Crippen LogP contribution is 2.37. The fourth-order valence-electron chi connectivity index (χ4n) is 3.81. The number of thiophene rings is 1. The highest BCUT2D eigenvalue weighted by Gasteiger charge is 2.24. The van der Waals surface area contributed by atoms with Crippen LogP contribution in [-0.4, -0.2) is 39.5 Å². The molecule has 1 atom stereocenters. The van der Waals surface area contributed by atoms with Crippen molar-refractivity contribution in [1.29, 1.82) is 0 Å². The number of hydrogen-bond donors (Lipinski definition) is 1. The molecule has 0 aliphatic heterocycles. The summed E-state index contributed by atoms with van der Waals surface area (Å²) in [7, 11) is 1.32. The Labute approximate surface area is 244 Å². The van der Waals surface area contributed by atoms with Crippen LogP contribution in [0.5, 0.6) is 5.75 Å². The fourth-order valence-corrected chi connectivity index (χ4v) is 6.05. The maximum absolute atomic E-state index is 12.9. The van der Waals surface area contributed by atoms with E-state index in [0.717, 1.165) is 11.1 Å². The molecule has 0 aliphatic carbocycles. The van der Waals surface area contributed by atoms with Gasteiger partial charge in [0.2, 0.25) is 5.91 Å². The summed E-state index contributed by atoms with van der Waals surface area (Å²) in [5.41, 5.74) is 3.01. The van der Waals surface area contributed by atoms with E-state index in [-0.39, 0.29) is 11.7 Å². The molecule has 1 unspecified atom stereocenters. The van der Waals surface area contributed by atoms with Crippen molar-refractivity contribution in [1.82, 2.24) is 14.8 Å². The largest absolute Gasteiger partial charge is 0.481 e. The number of nitrogens with one attached hydrogen (secondary N) is 1. The lowest BCUT2D eigenvalue weighted by molar-refractivity contribution is -0.113. The van der Waals surface area contributed by atoms with Crippen molar-refractivity contribution in [3.05, 3.63) is 74.8 Å². The van der Waals surface area contributed by atoms with Gasteiger partial charge in [-0.05, 0) is 44.5 Å². The number of thioether (sulfide) groups is 1. The number of aromatic nitrogens is 3. The maximum atomic E-state index is 12.9. The minimum atomic E-state index is -0.514. The SMILES string of the molecule is CCn1c(SCC(=O)Nc2scc(-c3ccc(C)cc3)c2C(=O)OC)nnc1C(C)Oc1ccc(Cl)cc1Cl. The zero-order valence-corrected chi connectivity index (χ0v) is 24.8. The van der Waals surface area contributed by atoms with Gasteiger partial charge in [0.05, 0.1) is 17.9 Å². The van der Waals surface area contributed by atoms with Crippen molar-refractivity contribution in [2.45, 2.75) is 38.6 Å². The summed E-state index contributed by atoms with van der Waals surface area (Å²) in [6, 6.07) is 12.8. The van der Waals surface area contributed by atoms with Gasteiger partial charge in [0.25, 0.3) is 0 Å². The number of anilines is 1. The highest BCUT2D eigenvalue weighted by atomic mass is 35.5. The predicted octanol–water partition coefficient (Wildman–Crippen LogP) is 7.30. The summed E-state index contributed by atoms with van der Waals surface area (Å²) in [5, 5.41) is 15.2. The Bertz CT molecular complexity index is 1490. The molecule has 1 N–H and O–H groups in total. The molecule has 0 radical (unpaired) electrons. The number of carbonyl (C=O) groups is 2. The first-order valence-corrected chi connectivity index (χ1v) is 14.6. The molecule has 1 amide bonds. The Kier molecular flexibility index (Phi) is 9.55. The Balaban J connectivity index is 1.46. The summed E-state index contributed by atoms with van der Waals surface area (Å²) >= 11 is 14.7. The molecule has 8 nitrogen and oxygen atoms in total. The van der Waals surface area contributed by atoms with Gasteiger partial charge in [-0.2, -0.15) is 0 Å². The first kappa shape index (κ1) is 28.9. The van der Waals surface area contributed by atoms with Gasteiger partial charge in [0.15, 0.2) is 17.1 Å². The molecule has 0 saturated carbocycles. The van der Waals surface area contributed by atoms with E-state index in [9.17, 15) is 9.59 Å². The van der Waals surface area contributed by atoms with Crippen LogP contribution in [0.15, 0.2) is 53.0 Å². The number of rotatable bonds is 10. The molecule has 4 rings (SSSR count). The molecule has 0 bridgehead atoms. The van der Waals surface area contributed by atoms with Crippen LogP contribution < -0.4 is 10.1 Å². The van der Waals surface area contributed by atoms with E-state index in [2.05, 4.69) is 15.5 Å². The number of halogens is 2. The Hall–Kier alpha value is -3.05. The average molecular weight is 606 g/mol. The van der Waals surface area contributed by atoms with Gasteiger partial charge in [-0.15, -0.1) is 21.5 Å². The van der Waals surface area contributed by atoms with Gasteiger partial charge in [-0.25, -0.2) is 4.79 Å². The van der Waals surface area contributed by atoms with Crippen molar-refractivity contribution in [3.8, 4) is 16.9 Å². The number of carbonyl (C=O) groups excluding carboxylic acids is 2. The lowest BCUT2D eigenvalue weighted by Gasteiger charge is -2.16. The number of ether oxygens (including phenoxy) is 2. The van der Waals surface area contributed by atoms with E-state index in [1.54, 1.807) is 18.2 Å².